The van der Waals surface area contributed by atoms with Crippen LogP contribution in [0.25, 0.3) is 0 Å². The van der Waals surface area contributed by atoms with Gasteiger partial charge in [0.15, 0.2) is 8.32 Å². The Labute approximate surface area is 195 Å². The van der Waals surface area contributed by atoms with E-state index in [1.165, 1.54) is 11.1 Å². The summed E-state index contributed by atoms with van der Waals surface area (Å²) in [5.74, 6) is 0.863. The van der Waals surface area contributed by atoms with Gasteiger partial charge in [0.05, 0.1) is 13.7 Å². The SMILES string of the molecule is COc1cc(CO[Si](C)(C)C(C)(C)C)cc(N(Cc2ccccc2)Cc2ccccc2)c1. The van der Waals surface area contributed by atoms with Crippen molar-refractivity contribution in [2.24, 2.45) is 0 Å². The van der Waals surface area contributed by atoms with Gasteiger partial charge in [-0.2, -0.15) is 0 Å². The van der Waals surface area contributed by atoms with Crippen LogP contribution in [0.5, 0.6) is 5.75 Å². The molecule has 0 aliphatic carbocycles. The molecule has 3 aromatic carbocycles. The molecule has 3 nitrogen and oxygen atoms in total. The van der Waals surface area contributed by atoms with E-state index in [1.807, 2.05) is 0 Å². The summed E-state index contributed by atoms with van der Waals surface area (Å²) in [4.78, 5) is 2.41. The Bertz CT molecular complexity index is 940. The fourth-order valence-corrected chi connectivity index (χ4v) is 4.31. The number of ether oxygens (including phenoxy) is 1. The third-order valence-electron chi connectivity index (χ3n) is 6.39. The highest BCUT2D eigenvalue weighted by Gasteiger charge is 2.37. The van der Waals surface area contributed by atoms with Gasteiger partial charge in [-0.1, -0.05) is 81.4 Å². The Morgan fingerprint density at radius 3 is 1.75 bits per heavy atom. The van der Waals surface area contributed by atoms with E-state index in [-0.39, 0.29) is 5.04 Å². The number of hydrogen-bond donors (Lipinski definition) is 0. The molecule has 32 heavy (non-hydrogen) atoms. The second-order valence-corrected chi connectivity index (χ2v) is 14.7. The third-order valence-corrected chi connectivity index (χ3v) is 10.9. The molecule has 0 aliphatic rings. The summed E-state index contributed by atoms with van der Waals surface area (Å²) in [6.45, 7) is 13.7. The third kappa shape index (κ3) is 6.47. The van der Waals surface area contributed by atoms with Gasteiger partial charge in [-0.15, -0.1) is 0 Å². The second kappa shape index (κ2) is 10.4. The van der Waals surface area contributed by atoms with E-state index in [2.05, 4.69) is 118 Å². The highest BCUT2D eigenvalue weighted by molar-refractivity contribution is 6.74. The van der Waals surface area contributed by atoms with E-state index in [4.69, 9.17) is 9.16 Å². The number of rotatable bonds is 9. The normalized spacial score (nSPS) is 11.9. The maximum absolute atomic E-state index is 6.52. The van der Waals surface area contributed by atoms with Gasteiger partial charge in [0.2, 0.25) is 0 Å². The first kappa shape index (κ1) is 24.1. The van der Waals surface area contributed by atoms with Gasteiger partial charge in [-0.05, 0) is 47.0 Å². The van der Waals surface area contributed by atoms with Crippen LogP contribution < -0.4 is 9.64 Å². The molecule has 0 bridgehead atoms. The first-order chi connectivity index (χ1) is 15.2. The molecule has 0 aliphatic heterocycles. The first-order valence-electron chi connectivity index (χ1n) is 11.3. The summed E-state index contributed by atoms with van der Waals surface area (Å²) in [7, 11) is -0.104. The molecule has 3 aromatic rings. The van der Waals surface area contributed by atoms with Crippen molar-refractivity contribution in [3.8, 4) is 5.75 Å². The number of hydrogen-bond acceptors (Lipinski definition) is 3. The molecule has 0 aromatic heterocycles. The lowest BCUT2D eigenvalue weighted by atomic mass is 10.1. The molecule has 4 heteroatoms. The van der Waals surface area contributed by atoms with Crippen molar-refractivity contribution in [2.45, 2.75) is 58.6 Å². The molecule has 170 valence electrons. The molecule has 0 atom stereocenters. The molecule has 0 heterocycles. The largest absolute Gasteiger partial charge is 0.497 e. The van der Waals surface area contributed by atoms with Crippen LogP contribution in [0.2, 0.25) is 18.1 Å². The van der Waals surface area contributed by atoms with E-state index in [0.717, 1.165) is 30.1 Å². The van der Waals surface area contributed by atoms with Crippen LogP contribution >= 0.6 is 0 Å². The van der Waals surface area contributed by atoms with Crippen LogP contribution in [0, 0.1) is 0 Å². The molecular formula is C28H37NO2Si. The van der Waals surface area contributed by atoms with Crippen LogP contribution in [-0.2, 0) is 24.1 Å². The topological polar surface area (TPSA) is 21.7 Å². The maximum atomic E-state index is 6.52. The Morgan fingerprint density at radius 2 is 1.28 bits per heavy atom. The number of nitrogens with zero attached hydrogens (tertiary/aromatic N) is 1. The number of benzene rings is 3. The number of methoxy groups -OCH3 is 1. The van der Waals surface area contributed by atoms with E-state index in [0.29, 0.717) is 6.61 Å². The Balaban J connectivity index is 1.91. The summed E-state index contributed by atoms with van der Waals surface area (Å²) < 4.78 is 12.2. The fraction of sp³-hybridized carbons (Fsp3) is 0.357. The Kier molecular flexibility index (Phi) is 7.80. The fourth-order valence-electron chi connectivity index (χ4n) is 3.35. The predicted octanol–water partition coefficient (Wildman–Crippen LogP) is 7.42. The highest BCUT2D eigenvalue weighted by Crippen LogP contribution is 2.37. The summed E-state index contributed by atoms with van der Waals surface area (Å²) >= 11 is 0. The summed E-state index contributed by atoms with van der Waals surface area (Å²) in [5.41, 5.74) is 4.86. The quantitative estimate of drug-likeness (QED) is 0.318. The van der Waals surface area contributed by atoms with Gasteiger partial charge >= 0.3 is 0 Å². The van der Waals surface area contributed by atoms with E-state index >= 15 is 0 Å². The lowest BCUT2D eigenvalue weighted by Gasteiger charge is -2.36. The van der Waals surface area contributed by atoms with Crippen molar-refractivity contribution in [3.63, 3.8) is 0 Å². The lowest BCUT2D eigenvalue weighted by Crippen LogP contribution is -2.40. The predicted molar refractivity (Wildman–Crippen MR) is 138 cm³/mol. The van der Waals surface area contributed by atoms with Crippen molar-refractivity contribution in [1.29, 1.82) is 0 Å². The van der Waals surface area contributed by atoms with Gasteiger partial charge in [0.1, 0.15) is 5.75 Å². The summed E-state index contributed by atoms with van der Waals surface area (Å²) in [6, 6.07) is 27.7. The molecule has 0 amide bonds. The van der Waals surface area contributed by atoms with Gasteiger partial charge in [0, 0.05) is 24.8 Å². The lowest BCUT2D eigenvalue weighted by molar-refractivity contribution is 0.275. The van der Waals surface area contributed by atoms with E-state index < -0.39 is 8.32 Å². The van der Waals surface area contributed by atoms with E-state index in [1.54, 1.807) is 7.11 Å². The van der Waals surface area contributed by atoms with Crippen molar-refractivity contribution in [1.82, 2.24) is 0 Å². The van der Waals surface area contributed by atoms with Gasteiger partial charge in [-0.25, -0.2) is 0 Å². The van der Waals surface area contributed by atoms with E-state index in [9.17, 15) is 0 Å². The van der Waals surface area contributed by atoms with Crippen molar-refractivity contribution >= 4 is 14.0 Å². The monoisotopic (exact) mass is 447 g/mol. The van der Waals surface area contributed by atoms with Crippen LogP contribution in [0.3, 0.4) is 0 Å². The average molecular weight is 448 g/mol. The second-order valence-electron chi connectivity index (χ2n) is 9.92. The molecule has 0 saturated heterocycles. The molecule has 0 N–H and O–H groups in total. The molecule has 0 fully saturated rings. The minimum absolute atomic E-state index is 0.182. The molecular weight excluding hydrogens is 410 g/mol. The minimum Gasteiger partial charge on any atom is -0.497 e. The van der Waals surface area contributed by atoms with Crippen LogP contribution in [0.4, 0.5) is 5.69 Å². The Hall–Kier alpha value is -2.56. The van der Waals surface area contributed by atoms with Crippen LogP contribution in [0.15, 0.2) is 78.9 Å². The van der Waals surface area contributed by atoms with Crippen LogP contribution in [-0.4, -0.2) is 15.4 Å². The standard InChI is InChI=1S/C28H37NO2Si/c1-28(2,3)32(5,6)31-22-25-17-26(19-27(18-25)30-4)29(20-23-13-9-7-10-14-23)21-24-15-11-8-12-16-24/h7-19H,20-22H2,1-6H3. The molecule has 3 rings (SSSR count). The highest BCUT2D eigenvalue weighted by atomic mass is 28.4. The zero-order valence-electron chi connectivity index (χ0n) is 20.4. The van der Waals surface area contributed by atoms with Crippen molar-refractivity contribution in [2.75, 3.05) is 12.0 Å². The molecule has 0 spiro atoms. The van der Waals surface area contributed by atoms with Gasteiger partial charge in [-0.3, -0.25) is 0 Å². The maximum Gasteiger partial charge on any atom is 0.192 e. The van der Waals surface area contributed by atoms with Crippen LogP contribution in [0.1, 0.15) is 37.5 Å². The van der Waals surface area contributed by atoms with Gasteiger partial charge in [0.25, 0.3) is 0 Å². The minimum atomic E-state index is -1.84. The average Bonchev–Trinajstić information content (AvgIpc) is 2.78. The van der Waals surface area contributed by atoms with Crippen molar-refractivity contribution in [3.05, 3.63) is 95.6 Å². The van der Waals surface area contributed by atoms with Crippen molar-refractivity contribution < 1.29 is 9.16 Å². The number of anilines is 1. The summed E-state index contributed by atoms with van der Waals surface area (Å²) in [6.07, 6.45) is 0. The molecule has 0 saturated carbocycles. The molecule has 0 unspecified atom stereocenters. The zero-order valence-corrected chi connectivity index (χ0v) is 21.4. The first-order valence-corrected chi connectivity index (χ1v) is 14.2. The summed E-state index contributed by atoms with van der Waals surface area (Å²) in [5, 5.41) is 0.182. The smallest absolute Gasteiger partial charge is 0.192 e. The zero-order chi connectivity index (χ0) is 23.2. The van der Waals surface area contributed by atoms with Gasteiger partial charge < -0.3 is 14.1 Å². The Morgan fingerprint density at radius 1 is 0.750 bits per heavy atom. The molecule has 0 radical (unpaired) electrons.